The molecular weight excluding hydrogens is 288 g/mol. The van der Waals surface area contributed by atoms with Crippen LogP contribution in [0.25, 0.3) is 0 Å². The number of aromatic nitrogens is 1. The van der Waals surface area contributed by atoms with E-state index in [0.29, 0.717) is 31.6 Å². The van der Waals surface area contributed by atoms with Crippen molar-refractivity contribution in [1.29, 1.82) is 0 Å². The number of likely N-dealkylation sites (tertiary alicyclic amines) is 1. The van der Waals surface area contributed by atoms with Gasteiger partial charge in [-0.05, 0) is 25.8 Å². The molecule has 1 fully saturated rings. The fourth-order valence-corrected chi connectivity index (χ4v) is 3.12. The summed E-state index contributed by atoms with van der Waals surface area (Å²) in [6, 6.07) is 0. The van der Waals surface area contributed by atoms with Gasteiger partial charge < -0.3 is 16.0 Å². The van der Waals surface area contributed by atoms with Gasteiger partial charge in [0.25, 0.3) is 5.91 Å². The highest BCUT2D eigenvalue weighted by molar-refractivity contribution is 7.09. The Morgan fingerprint density at radius 2 is 2.10 bits per heavy atom. The molecule has 0 saturated carbocycles. The van der Waals surface area contributed by atoms with E-state index in [9.17, 15) is 9.59 Å². The van der Waals surface area contributed by atoms with Crippen LogP contribution >= 0.6 is 11.3 Å². The Balaban J connectivity index is 1.71. The molecule has 1 aliphatic heterocycles. The summed E-state index contributed by atoms with van der Waals surface area (Å²) in [5, 5.41) is 5.35. The molecule has 6 nitrogen and oxygen atoms in total. The second-order valence-electron chi connectivity index (χ2n) is 5.11. The van der Waals surface area contributed by atoms with Crippen LogP contribution in [-0.2, 0) is 11.2 Å². The molecule has 0 unspecified atom stereocenters. The Bertz CT molecular complexity index is 483. The summed E-state index contributed by atoms with van der Waals surface area (Å²) in [6.45, 7) is 2.58. The van der Waals surface area contributed by atoms with Crippen LogP contribution in [0.2, 0.25) is 0 Å². The minimum Gasteiger partial charge on any atom is -0.350 e. The van der Waals surface area contributed by atoms with Gasteiger partial charge in [0.15, 0.2) is 0 Å². The molecule has 2 heterocycles. The summed E-state index contributed by atoms with van der Waals surface area (Å²) in [7, 11) is 0. The van der Waals surface area contributed by atoms with E-state index in [2.05, 4.69) is 10.3 Å². The molecular formula is C14H22N4O2S. The zero-order chi connectivity index (χ0) is 15.1. The molecule has 3 N–H and O–H groups in total. The summed E-state index contributed by atoms with van der Waals surface area (Å²) < 4.78 is 0. The van der Waals surface area contributed by atoms with Gasteiger partial charge in [0.1, 0.15) is 5.69 Å². The molecule has 1 aromatic heterocycles. The van der Waals surface area contributed by atoms with Crippen molar-refractivity contribution in [2.75, 3.05) is 26.2 Å². The van der Waals surface area contributed by atoms with Gasteiger partial charge in [-0.3, -0.25) is 9.59 Å². The largest absolute Gasteiger partial charge is 0.350 e. The van der Waals surface area contributed by atoms with E-state index < -0.39 is 0 Å². The van der Waals surface area contributed by atoms with Crippen molar-refractivity contribution in [3.8, 4) is 0 Å². The van der Waals surface area contributed by atoms with Gasteiger partial charge in [-0.25, -0.2) is 4.98 Å². The number of thiazole rings is 1. The Kier molecular flexibility index (Phi) is 6.13. The molecule has 21 heavy (non-hydrogen) atoms. The molecule has 1 aliphatic rings. The molecule has 116 valence electrons. The Hall–Kier alpha value is -1.47. The highest BCUT2D eigenvalue weighted by atomic mass is 32.1. The van der Waals surface area contributed by atoms with Crippen LogP contribution in [0.3, 0.4) is 0 Å². The first-order valence-electron chi connectivity index (χ1n) is 7.41. The summed E-state index contributed by atoms with van der Waals surface area (Å²) in [6.07, 6.45) is 4.41. The average molecular weight is 310 g/mol. The predicted octanol–water partition coefficient (Wildman–Crippen LogP) is 0.777. The number of carbonyl (C=O) groups is 2. The molecule has 7 heteroatoms. The lowest BCUT2D eigenvalue weighted by Gasteiger charge is -2.26. The number of piperidine rings is 1. The standard InChI is InChI=1S/C14H22N4O2S/c15-6-4-12-17-11(10-21-12)14(20)16-7-5-13(19)18-8-2-1-3-9-18/h10H,1-9,15H2,(H,16,20). The highest BCUT2D eigenvalue weighted by Crippen LogP contribution is 2.11. The lowest BCUT2D eigenvalue weighted by Crippen LogP contribution is -2.37. The van der Waals surface area contributed by atoms with E-state index in [4.69, 9.17) is 5.73 Å². The van der Waals surface area contributed by atoms with Crippen molar-refractivity contribution in [3.05, 3.63) is 16.1 Å². The Morgan fingerprint density at radius 1 is 1.33 bits per heavy atom. The van der Waals surface area contributed by atoms with E-state index in [1.54, 1.807) is 5.38 Å². The molecule has 1 aromatic rings. The molecule has 1 saturated heterocycles. The lowest BCUT2D eigenvalue weighted by atomic mass is 10.1. The van der Waals surface area contributed by atoms with Gasteiger partial charge in [0.2, 0.25) is 5.91 Å². The number of hydrogen-bond acceptors (Lipinski definition) is 5. The maximum atomic E-state index is 12.0. The molecule has 2 rings (SSSR count). The second-order valence-corrected chi connectivity index (χ2v) is 6.06. The molecule has 0 radical (unpaired) electrons. The van der Waals surface area contributed by atoms with E-state index in [-0.39, 0.29) is 11.8 Å². The Labute approximate surface area is 128 Å². The molecule has 2 amide bonds. The fourth-order valence-electron chi connectivity index (χ4n) is 2.33. The van der Waals surface area contributed by atoms with Gasteiger partial charge in [0, 0.05) is 37.9 Å². The van der Waals surface area contributed by atoms with Gasteiger partial charge >= 0.3 is 0 Å². The lowest BCUT2D eigenvalue weighted by molar-refractivity contribution is -0.131. The third kappa shape index (κ3) is 4.78. The predicted molar refractivity (Wildman–Crippen MR) is 82.3 cm³/mol. The number of hydrogen-bond donors (Lipinski definition) is 2. The van der Waals surface area contributed by atoms with Crippen molar-refractivity contribution in [3.63, 3.8) is 0 Å². The van der Waals surface area contributed by atoms with E-state index in [0.717, 1.165) is 30.9 Å². The number of nitrogens with zero attached hydrogens (tertiary/aromatic N) is 2. The molecule has 0 atom stereocenters. The number of amides is 2. The molecule has 0 spiro atoms. The van der Waals surface area contributed by atoms with Crippen molar-refractivity contribution >= 4 is 23.2 Å². The normalized spacial score (nSPS) is 15.0. The van der Waals surface area contributed by atoms with Crippen LogP contribution in [0, 0.1) is 0 Å². The van der Waals surface area contributed by atoms with Gasteiger partial charge in [-0.2, -0.15) is 0 Å². The van der Waals surface area contributed by atoms with Crippen LogP contribution < -0.4 is 11.1 Å². The first-order valence-corrected chi connectivity index (χ1v) is 8.29. The van der Waals surface area contributed by atoms with Crippen LogP contribution in [0.1, 0.15) is 41.2 Å². The van der Waals surface area contributed by atoms with Gasteiger partial charge in [-0.1, -0.05) is 0 Å². The van der Waals surface area contributed by atoms with Crippen LogP contribution in [0.4, 0.5) is 0 Å². The SMILES string of the molecule is NCCc1nc(C(=O)NCCC(=O)N2CCCCC2)cs1. The molecule has 0 bridgehead atoms. The van der Waals surface area contributed by atoms with Crippen molar-refractivity contribution in [2.45, 2.75) is 32.1 Å². The first kappa shape index (κ1) is 15.9. The van der Waals surface area contributed by atoms with Crippen molar-refractivity contribution in [1.82, 2.24) is 15.2 Å². The van der Waals surface area contributed by atoms with Crippen LogP contribution in [0.15, 0.2) is 5.38 Å². The van der Waals surface area contributed by atoms with Crippen LogP contribution in [0.5, 0.6) is 0 Å². The summed E-state index contributed by atoms with van der Waals surface area (Å²) >= 11 is 1.44. The Morgan fingerprint density at radius 3 is 2.81 bits per heavy atom. The third-order valence-electron chi connectivity index (χ3n) is 3.48. The monoisotopic (exact) mass is 310 g/mol. The third-order valence-corrected chi connectivity index (χ3v) is 4.38. The minimum absolute atomic E-state index is 0.122. The van der Waals surface area contributed by atoms with Crippen molar-refractivity contribution < 1.29 is 9.59 Å². The number of rotatable bonds is 6. The zero-order valence-corrected chi connectivity index (χ0v) is 13.0. The number of carbonyl (C=O) groups excluding carboxylic acids is 2. The summed E-state index contributed by atoms with van der Waals surface area (Å²) in [5.74, 6) is -0.0990. The smallest absolute Gasteiger partial charge is 0.270 e. The second kappa shape index (κ2) is 8.09. The maximum Gasteiger partial charge on any atom is 0.270 e. The summed E-state index contributed by atoms with van der Waals surface area (Å²) in [4.78, 5) is 30.0. The van der Waals surface area contributed by atoms with Crippen LogP contribution in [-0.4, -0.2) is 47.9 Å². The van der Waals surface area contributed by atoms with Gasteiger partial charge in [-0.15, -0.1) is 11.3 Å². The zero-order valence-electron chi connectivity index (χ0n) is 12.1. The van der Waals surface area contributed by atoms with E-state index in [1.807, 2.05) is 4.90 Å². The maximum absolute atomic E-state index is 12.0. The average Bonchev–Trinajstić information content (AvgIpc) is 2.97. The minimum atomic E-state index is -0.221. The molecule has 0 aliphatic carbocycles. The number of nitrogens with two attached hydrogens (primary N) is 1. The van der Waals surface area contributed by atoms with Crippen molar-refractivity contribution in [2.24, 2.45) is 5.73 Å². The highest BCUT2D eigenvalue weighted by Gasteiger charge is 2.16. The number of nitrogens with one attached hydrogen (secondary N) is 1. The fraction of sp³-hybridized carbons (Fsp3) is 0.643. The van der Waals surface area contributed by atoms with Gasteiger partial charge in [0.05, 0.1) is 5.01 Å². The topological polar surface area (TPSA) is 88.3 Å². The molecule has 0 aromatic carbocycles. The van der Waals surface area contributed by atoms with E-state index >= 15 is 0 Å². The first-order chi connectivity index (χ1) is 10.2. The summed E-state index contributed by atoms with van der Waals surface area (Å²) in [5.41, 5.74) is 5.87. The van der Waals surface area contributed by atoms with E-state index in [1.165, 1.54) is 17.8 Å². The quantitative estimate of drug-likeness (QED) is 0.812.